The van der Waals surface area contributed by atoms with Crippen molar-refractivity contribution in [1.29, 1.82) is 0 Å². The molecule has 2 aromatic carbocycles. The number of halogens is 1. The number of benzene rings is 2. The maximum absolute atomic E-state index is 5.91. The number of ether oxygens (including phenoxy) is 1. The standard InChI is InChI=1S/C15H16BrNOS/c1-10(17)12-8-7-11(9-13(12)16)19-15-6-4-3-5-14(15)18-2/h3-10H,17H2,1-2H3. The van der Waals surface area contributed by atoms with Crippen LogP contribution < -0.4 is 10.5 Å². The molecule has 1 unspecified atom stereocenters. The summed E-state index contributed by atoms with van der Waals surface area (Å²) in [5.74, 6) is 0.889. The number of hydrogen-bond donors (Lipinski definition) is 1. The van der Waals surface area contributed by atoms with Gasteiger partial charge >= 0.3 is 0 Å². The van der Waals surface area contributed by atoms with Crippen LogP contribution in [0, 0.1) is 0 Å². The van der Waals surface area contributed by atoms with Gasteiger partial charge in [-0.2, -0.15) is 0 Å². The minimum atomic E-state index is 0.0275. The molecule has 4 heteroatoms. The van der Waals surface area contributed by atoms with Crippen LogP contribution in [-0.2, 0) is 0 Å². The zero-order valence-corrected chi connectivity index (χ0v) is 13.3. The highest BCUT2D eigenvalue weighted by atomic mass is 79.9. The van der Waals surface area contributed by atoms with Crippen molar-refractivity contribution in [3.63, 3.8) is 0 Å². The quantitative estimate of drug-likeness (QED) is 0.883. The molecule has 0 saturated heterocycles. The van der Waals surface area contributed by atoms with Gasteiger partial charge in [-0.25, -0.2) is 0 Å². The molecule has 0 spiro atoms. The molecule has 0 bridgehead atoms. The lowest BCUT2D eigenvalue weighted by Crippen LogP contribution is -2.05. The van der Waals surface area contributed by atoms with Gasteiger partial charge in [-0.1, -0.05) is 45.9 Å². The van der Waals surface area contributed by atoms with Crippen molar-refractivity contribution in [2.45, 2.75) is 22.8 Å². The Balaban J connectivity index is 2.26. The molecule has 2 aromatic rings. The lowest BCUT2D eigenvalue weighted by atomic mass is 10.1. The van der Waals surface area contributed by atoms with Crippen LogP contribution in [0.2, 0.25) is 0 Å². The molecule has 0 amide bonds. The molecule has 19 heavy (non-hydrogen) atoms. The summed E-state index contributed by atoms with van der Waals surface area (Å²) in [4.78, 5) is 2.26. The third-order valence-electron chi connectivity index (χ3n) is 2.76. The molecule has 0 aromatic heterocycles. The van der Waals surface area contributed by atoms with Crippen LogP contribution in [0.3, 0.4) is 0 Å². The second-order valence-electron chi connectivity index (χ2n) is 4.22. The van der Waals surface area contributed by atoms with E-state index in [2.05, 4.69) is 40.2 Å². The van der Waals surface area contributed by atoms with E-state index in [0.717, 1.165) is 25.6 Å². The summed E-state index contributed by atoms with van der Waals surface area (Å²) in [5.41, 5.74) is 7.02. The largest absolute Gasteiger partial charge is 0.496 e. The Morgan fingerprint density at radius 3 is 2.58 bits per heavy atom. The second kappa shape index (κ2) is 6.46. The number of para-hydroxylation sites is 1. The molecule has 0 aliphatic heterocycles. The van der Waals surface area contributed by atoms with Crippen LogP contribution in [0.15, 0.2) is 56.7 Å². The van der Waals surface area contributed by atoms with Crippen molar-refractivity contribution in [2.75, 3.05) is 7.11 Å². The summed E-state index contributed by atoms with van der Waals surface area (Å²) in [7, 11) is 1.69. The summed E-state index contributed by atoms with van der Waals surface area (Å²) in [5, 5.41) is 0. The molecule has 0 aliphatic rings. The van der Waals surface area contributed by atoms with Gasteiger partial charge in [0.15, 0.2) is 0 Å². The van der Waals surface area contributed by atoms with Crippen molar-refractivity contribution in [1.82, 2.24) is 0 Å². The van der Waals surface area contributed by atoms with E-state index in [9.17, 15) is 0 Å². The molecular formula is C15H16BrNOS. The molecule has 100 valence electrons. The topological polar surface area (TPSA) is 35.2 Å². The highest BCUT2D eigenvalue weighted by molar-refractivity contribution is 9.10. The van der Waals surface area contributed by atoms with Crippen LogP contribution in [0.5, 0.6) is 5.75 Å². The molecule has 2 nitrogen and oxygen atoms in total. The Morgan fingerprint density at radius 2 is 1.95 bits per heavy atom. The second-order valence-corrected chi connectivity index (χ2v) is 6.19. The predicted octanol–water partition coefficient (Wildman–Crippen LogP) is 4.63. The van der Waals surface area contributed by atoms with Crippen LogP contribution >= 0.6 is 27.7 Å². The van der Waals surface area contributed by atoms with E-state index in [0.29, 0.717) is 0 Å². The third kappa shape index (κ3) is 3.53. The average Bonchev–Trinajstić information content (AvgIpc) is 2.39. The van der Waals surface area contributed by atoms with Crippen molar-refractivity contribution < 1.29 is 4.74 Å². The molecular weight excluding hydrogens is 322 g/mol. The SMILES string of the molecule is COc1ccccc1Sc1ccc(C(C)N)c(Br)c1. The number of rotatable bonds is 4. The zero-order chi connectivity index (χ0) is 13.8. The van der Waals surface area contributed by atoms with E-state index >= 15 is 0 Å². The van der Waals surface area contributed by atoms with E-state index in [1.54, 1.807) is 18.9 Å². The lowest BCUT2D eigenvalue weighted by molar-refractivity contribution is 0.405. The Bertz CT molecular complexity index is 572. The summed E-state index contributed by atoms with van der Waals surface area (Å²) in [6.07, 6.45) is 0. The fourth-order valence-corrected chi connectivity index (χ4v) is 3.63. The van der Waals surface area contributed by atoms with E-state index < -0.39 is 0 Å². The minimum absolute atomic E-state index is 0.0275. The number of hydrogen-bond acceptors (Lipinski definition) is 3. The monoisotopic (exact) mass is 337 g/mol. The van der Waals surface area contributed by atoms with Gasteiger partial charge in [0.1, 0.15) is 5.75 Å². The summed E-state index contributed by atoms with van der Waals surface area (Å²) < 4.78 is 6.40. The smallest absolute Gasteiger partial charge is 0.132 e. The first-order valence-electron chi connectivity index (χ1n) is 5.97. The molecule has 0 fully saturated rings. The van der Waals surface area contributed by atoms with Crippen LogP contribution in [0.1, 0.15) is 18.5 Å². The van der Waals surface area contributed by atoms with Crippen molar-refractivity contribution in [2.24, 2.45) is 5.73 Å². The number of methoxy groups -OCH3 is 1. The van der Waals surface area contributed by atoms with Crippen molar-refractivity contribution in [3.8, 4) is 5.75 Å². The Labute approximate surface area is 126 Å². The third-order valence-corrected chi connectivity index (χ3v) is 4.49. The van der Waals surface area contributed by atoms with E-state index in [4.69, 9.17) is 10.5 Å². The van der Waals surface area contributed by atoms with Gasteiger partial charge in [0.05, 0.1) is 12.0 Å². The van der Waals surface area contributed by atoms with Gasteiger partial charge < -0.3 is 10.5 Å². The Morgan fingerprint density at radius 1 is 1.21 bits per heavy atom. The predicted molar refractivity (Wildman–Crippen MR) is 83.9 cm³/mol. The van der Waals surface area contributed by atoms with Crippen LogP contribution in [0.25, 0.3) is 0 Å². The first-order valence-corrected chi connectivity index (χ1v) is 7.58. The average molecular weight is 338 g/mol. The highest BCUT2D eigenvalue weighted by Gasteiger charge is 2.08. The zero-order valence-electron chi connectivity index (χ0n) is 10.9. The molecule has 1 atom stereocenters. The highest BCUT2D eigenvalue weighted by Crippen LogP contribution is 2.36. The van der Waals surface area contributed by atoms with Crippen molar-refractivity contribution in [3.05, 3.63) is 52.5 Å². The Kier molecular flexibility index (Phi) is 4.91. The minimum Gasteiger partial charge on any atom is -0.496 e. The van der Waals surface area contributed by atoms with Crippen LogP contribution in [-0.4, -0.2) is 7.11 Å². The van der Waals surface area contributed by atoms with Crippen molar-refractivity contribution >= 4 is 27.7 Å². The summed E-state index contributed by atoms with van der Waals surface area (Å²) in [6, 6.07) is 14.3. The van der Waals surface area contributed by atoms with Crippen LogP contribution in [0.4, 0.5) is 0 Å². The summed E-state index contributed by atoms with van der Waals surface area (Å²) >= 11 is 5.25. The van der Waals surface area contributed by atoms with Gasteiger partial charge in [0.2, 0.25) is 0 Å². The molecule has 0 aliphatic carbocycles. The molecule has 0 heterocycles. The maximum atomic E-state index is 5.91. The van der Waals surface area contributed by atoms with Gasteiger partial charge in [0, 0.05) is 15.4 Å². The van der Waals surface area contributed by atoms with E-state index in [1.807, 2.05) is 25.1 Å². The Hall–Kier alpha value is -0.970. The first kappa shape index (κ1) is 14.4. The molecule has 2 rings (SSSR count). The van der Waals surface area contributed by atoms with Gasteiger partial charge in [-0.05, 0) is 36.8 Å². The summed E-state index contributed by atoms with van der Waals surface area (Å²) in [6.45, 7) is 1.98. The molecule has 0 radical (unpaired) electrons. The van der Waals surface area contributed by atoms with E-state index in [-0.39, 0.29) is 6.04 Å². The fourth-order valence-electron chi connectivity index (χ4n) is 1.77. The van der Waals surface area contributed by atoms with Gasteiger partial charge in [-0.3, -0.25) is 0 Å². The maximum Gasteiger partial charge on any atom is 0.132 e. The van der Waals surface area contributed by atoms with E-state index in [1.165, 1.54) is 0 Å². The fraction of sp³-hybridized carbons (Fsp3) is 0.200. The number of nitrogens with two attached hydrogens (primary N) is 1. The van der Waals surface area contributed by atoms with Gasteiger partial charge in [0.25, 0.3) is 0 Å². The lowest BCUT2D eigenvalue weighted by Gasteiger charge is -2.11. The molecule has 2 N–H and O–H groups in total. The normalized spacial score (nSPS) is 12.2. The molecule has 0 saturated carbocycles. The first-order chi connectivity index (χ1) is 9.11. The van der Waals surface area contributed by atoms with Gasteiger partial charge in [-0.15, -0.1) is 0 Å².